The van der Waals surface area contributed by atoms with Crippen LogP contribution in [0, 0.1) is 25.7 Å². The fourth-order valence-corrected chi connectivity index (χ4v) is 3.88. The van der Waals surface area contributed by atoms with E-state index in [2.05, 4.69) is 42.7 Å². The van der Waals surface area contributed by atoms with E-state index >= 15 is 0 Å². The van der Waals surface area contributed by atoms with Crippen LogP contribution in [0.4, 0.5) is 5.69 Å². The fraction of sp³-hybridized carbons (Fsp3) is 0.562. The van der Waals surface area contributed by atoms with E-state index in [4.69, 9.17) is 12.2 Å². The number of aryl methyl sites for hydroxylation is 2. The Hall–Kier alpha value is -1.09. The summed E-state index contributed by atoms with van der Waals surface area (Å²) in [4.78, 5) is 0. The molecule has 0 heterocycles. The lowest BCUT2D eigenvalue weighted by Crippen LogP contribution is -2.40. The van der Waals surface area contributed by atoms with E-state index < -0.39 is 0 Å². The summed E-state index contributed by atoms with van der Waals surface area (Å²) in [5, 5.41) is 7.67. The molecule has 0 amide bonds. The second-order valence-corrected chi connectivity index (χ2v) is 6.61. The molecule has 3 rings (SSSR count). The van der Waals surface area contributed by atoms with Crippen molar-refractivity contribution in [3.8, 4) is 0 Å². The normalized spacial score (nSPS) is 28.4. The molecule has 3 atom stereocenters. The minimum Gasteiger partial charge on any atom is -0.359 e. The van der Waals surface area contributed by atoms with Gasteiger partial charge in [-0.15, -0.1) is 0 Å². The molecule has 0 unspecified atom stereocenters. The van der Waals surface area contributed by atoms with Crippen molar-refractivity contribution in [3.63, 3.8) is 0 Å². The van der Waals surface area contributed by atoms with Crippen LogP contribution in [-0.2, 0) is 0 Å². The van der Waals surface area contributed by atoms with Crippen molar-refractivity contribution in [3.05, 3.63) is 29.3 Å². The minimum absolute atomic E-state index is 0.601. The maximum absolute atomic E-state index is 5.47. The molecular formula is C16H22N2S. The van der Waals surface area contributed by atoms with Crippen molar-refractivity contribution in [2.75, 3.05) is 5.32 Å². The monoisotopic (exact) mass is 274 g/mol. The first-order valence-electron chi connectivity index (χ1n) is 7.26. The Bertz CT molecular complexity index is 498. The lowest BCUT2D eigenvalue weighted by Gasteiger charge is -2.25. The van der Waals surface area contributed by atoms with Crippen molar-refractivity contribution in [1.29, 1.82) is 0 Å². The first kappa shape index (κ1) is 12.9. The molecule has 1 aromatic rings. The van der Waals surface area contributed by atoms with Gasteiger partial charge in [0.1, 0.15) is 0 Å². The Morgan fingerprint density at radius 3 is 2.74 bits per heavy atom. The summed E-state index contributed by atoms with van der Waals surface area (Å²) < 4.78 is 0. The minimum atomic E-state index is 0.601. The van der Waals surface area contributed by atoms with Gasteiger partial charge in [-0.3, -0.25) is 0 Å². The molecule has 0 aromatic heterocycles. The molecule has 2 bridgehead atoms. The van der Waals surface area contributed by atoms with Crippen LogP contribution in [0.1, 0.15) is 36.8 Å². The number of hydrogen-bond acceptors (Lipinski definition) is 1. The molecule has 0 spiro atoms. The van der Waals surface area contributed by atoms with Crippen molar-refractivity contribution >= 4 is 23.0 Å². The number of thiocarbonyl (C=S) groups is 1. The zero-order valence-electron chi connectivity index (χ0n) is 11.7. The van der Waals surface area contributed by atoms with Gasteiger partial charge in [-0.1, -0.05) is 18.6 Å². The third-order valence-electron chi connectivity index (χ3n) is 4.70. The van der Waals surface area contributed by atoms with Crippen LogP contribution in [0.15, 0.2) is 18.2 Å². The number of hydrogen-bond donors (Lipinski definition) is 2. The number of anilines is 1. The van der Waals surface area contributed by atoms with Crippen molar-refractivity contribution in [1.82, 2.24) is 5.32 Å². The Labute approximate surface area is 121 Å². The quantitative estimate of drug-likeness (QED) is 0.803. The van der Waals surface area contributed by atoms with E-state index in [0.29, 0.717) is 6.04 Å². The molecule has 2 aliphatic rings. The van der Waals surface area contributed by atoms with Crippen LogP contribution in [0.2, 0.25) is 0 Å². The van der Waals surface area contributed by atoms with Crippen molar-refractivity contribution in [2.24, 2.45) is 11.8 Å². The average molecular weight is 274 g/mol. The van der Waals surface area contributed by atoms with Crippen molar-refractivity contribution < 1.29 is 0 Å². The molecule has 2 aliphatic carbocycles. The highest BCUT2D eigenvalue weighted by molar-refractivity contribution is 7.80. The van der Waals surface area contributed by atoms with Gasteiger partial charge in [0, 0.05) is 11.7 Å². The molecule has 0 radical (unpaired) electrons. The summed E-state index contributed by atoms with van der Waals surface area (Å²) in [7, 11) is 0. The van der Waals surface area contributed by atoms with Gasteiger partial charge in [0.05, 0.1) is 0 Å². The van der Waals surface area contributed by atoms with E-state index in [1.165, 1.54) is 36.8 Å². The molecule has 3 heteroatoms. The number of rotatable bonds is 2. The molecule has 2 nitrogen and oxygen atoms in total. The zero-order chi connectivity index (χ0) is 13.4. The lowest BCUT2D eigenvalue weighted by molar-refractivity contribution is 0.392. The third kappa shape index (κ3) is 2.76. The molecule has 19 heavy (non-hydrogen) atoms. The summed E-state index contributed by atoms with van der Waals surface area (Å²) in [6, 6.07) is 7.03. The predicted octanol–water partition coefficient (Wildman–Crippen LogP) is 3.78. The van der Waals surface area contributed by atoms with Gasteiger partial charge in [-0.25, -0.2) is 0 Å². The van der Waals surface area contributed by atoms with Gasteiger partial charge in [-0.05, 0) is 74.4 Å². The molecule has 2 N–H and O–H groups in total. The molecular weight excluding hydrogens is 252 g/mol. The maximum Gasteiger partial charge on any atom is 0.171 e. The van der Waals surface area contributed by atoms with Crippen LogP contribution in [0.25, 0.3) is 0 Å². The van der Waals surface area contributed by atoms with E-state index in [1.54, 1.807) is 0 Å². The molecule has 102 valence electrons. The largest absolute Gasteiger partial charge is 0.359 e. The highest BCUT2D eigenvalue weighted by Gasteiger charge is 2.39. The first-order chi connectivity index (χ1) is 9.11. The predicted molar refractivity (Wildman–Crippen MR) is 84.5 cm³/mol. The molecule has 2 fully saturated rings. The van der Waals surface area contributed by atoms with E-state index in [9.17, 15) is 0 Å². The second kappa shape index (κ2) is 5.12. The maximum atomic E-state index is 5.47. The Morgan fingerprint density at radius 2 is 2.05 bits per heavy atom. The second-order valence-electron chi connectivity index (χ2n) is 6.20. The molecule has 1 aromatic carbocycles. The van der Waals surface area contributed by atoms with E-state index in [-0.39, 0.29) is 0 Å². The summed E-state index contributed by atoms with van der Waals surface area (Å²) in [5.41, 5.74) is 3.62. The zero-order valence-corrected chi connectivity index (χ0v) is 12.5. The van der Waals surface area contributed by atoms with Gasteiger partial charge in [-0.2, -0.15) is 0 Å². The summed E-state index contributed by atoms with van der Waals surface area (Å²) in [6.07, 6.45) is 5.53. The number of fused-ring (bicyclic) bond motifs is 2. The van der Waals surface area contributed by atoms with Gasteiger partial charge >= 0.3 is 0 Å². The summed E-state index contributed by atoms with van der Waals surface area (Å²) in [5.74, 6) is 1.80. The van der Waals surface area contributed by atoms with E-state index in [1.807, 2.05) is 0 Å². The van der Waals surface area contributed by atoms with Gasteiger partial charge in [0.2, 0.25) is 0 Å². The van der Waals surface area contributed by atoms with Crippen LogP contribution >= 0.6 is 12.2 Å². The first-order valence-corrected chi connectivity index (χ1v) is 7.67. The highest BCUT2D eigenvalue weighted by atomic mass is 32.1. The topological polar surface area (TPSA) is 24.1 Å². The van der Waals surface area contributed by atoms with Gasteiger partial charge < -0.3 is 10.6 Å². The lowest BCUT2D eigenvalue weighted by atomic mass is 9.95. The number of nitrogens with one attached hydrogen (secondary N) is 2. The Kier molecular flexibility index (Phi) is 3.48. The fourth-order valence-electron chi connectivity index (χ4n) is 3.62. The van der Waals surface area contributed by atoms with Gasteiger partial charge in [0.25, 0.3) is 0 Å². The Morgan fingerprint density at radius 1 is 1.21 bits per heavy atom. The molecule has 0 aliphatic heterocycles. The van der Waals surface area contributed by atoms with Crippen LogP contribution < -0.4 is 10.6 Å². The number of benzene rings is 1. The highest BCUT2D eigenvalue weighted by Crippen LogP contribution is 2.44. The van der Waals surface area contributed by atoms with E-state index in [0.717, 1.165) is 22.6 Å². The average Bonchev–Trinajstić information content (AvgIpc) is 2.96. The van der Waals surface area contributed by atoms with Crippen molar-refractivity contribution in [2.45, 2.75) is 45.6 Å². The van der Waals surface area contributed by atoms with Crippen LogP contribution in [-0.4, -0.2) is 11.2 Å². The summed E-state index contributed by atoms with van der Waals surface area (Å²) in [6.45, 7) is 4.22. The standard InChI is InChI=1S/C16H22N2S/c1-10-3-4-11(2)14(7-10)17-16(19)18-15-9-12-5-6-13(15)8-12/h3-4,7,12-13,15H,5-6,8-9H2,1-2H3,(H2,17,18,19)/t12-,13-,15-/m1/s1. The smallest absolute Gasteiger partial charge is 0.171 e. The molecule has 0 saturated heterocycles. The molecule has 2 saturated carbocycles. The van der Waals surface area contributed by atoms with Gasteiger partial charge in [0.15, 0.2) is 5.11 Å². The SMILES string of the molecule is Cc1ccc(C)c(NC(=S)N[C@@H]2C[C@@H]3CC[C@@H]2C3)c1. The third-order valence-corrected chi connectivity index (χ3v) is 4.92. The summed E-state index contributed by atoms with van der Waals surface area (Å²) >= 11 is 5.47. The van der Waals surface area contributed by atoms with Crippen LogP contribution in [0.3, 0.4) is 0 Å². The van der Waals surface area contributed by atoms with Crippen LogP contribution in [0.5, 0.6) is 0 Å². The Balaban J connectivity index is 1.61.